The molecule has 2 saturated carbocycles. The van der Waals surface area contributed by atoms with Gasteiger partial charge in [0.15, 0.2) is 0 Å². The molecule has 3 aliphatic carbocycles. The second kappa shape index (κ2) is 7.12. The molecule has 1 N–H and O–H groups in total. The fourth-order valence-corrected chi connectivity index (χ4v) is 5.75. The van der Waals surface area contributed by atoms with E-state index in [2.05, 4.69) is 48.3 Å². The molecule has 3 fully saturated rings. The number of carbonyl (C=O) groups excluding carboxylic acids is 2. The van der Waals surface area contributed by atoms with Crippen LogP contribution in [-0.4, -0.2) is 47.6 Å². The zero-order chi connectivity index (χ0) is 20.2. The summed E-state index contributed by atoms with van der Waals surface area (Å²) in [6.45, 7) is 5.30. The summed E-state index contributed by atoms with van der Waals surface area (Å²) in [5.74, 6) is 1.69. The fraction of sp³-hybridized carbons (Fsp3) is 0.667. The van der Waals surface area contributed by atoms with Crippen LogP contribution >= 0.6 is 0 Å². The highest BCUT2D eigenvalue weighted by Gasteiger charge is 2.56. The van der Waals surface area contributed by atoms with Gasteiger partial charge in [-0.15, -0.1) is 0 Å². The minimum absolute atomic E-state index is 0.0627. The number of hydrogen-bond donors (Lipinski definition) is 1. The Kier molecular flexibility index (Phi) is 4.69. The summed E-state index contributed by atoms with van der Waals surface area (Å²) in [6, 6.07) is 8.87. The molecular weight excluding hydrogens is 364 g/mol. The molecule has 4 aliphatic rings. The van der Waals surface area contributed by atoms with E-state index in [0.29, 0.717) is 43.7 Å². The maximum absolute atomic E-state index is 12.9. The quantitative estimate of drug-likeness (QED) is 0.832. The minimum atomic E-state index is -0.191. The lowest BCUT2D eigenvalue weighted by Gasteiger charge is -2.54. The molecule has 0 bridgehead atoms. The molecule has 1 unspecified atom stereocenters. The van der Waals surface area contributed by atoms with Crippen molar-refractivity contribution in [3.63, 3.8) is 0 Å². The summed E-state index contributed by atoms with van der Waals surface area (Å²) >= 11 is 0. The number of benzene rings is 1. The smallest absolute Gasteiger partial charge is 0.223 e. The summed E-state index contributed by atoms with van der Waals surface area (Å²) in [6.07, 6.45) is 5.02. The third-order valence-corrected chi connectivity index (χ3v) is 7.49. The van der Waals surface area contributed by atoms with Crippen molar-refractivity contribution < 1.29 is 14.3 Å². The number of fused-ring (bicyclic) bond motifs is 3. The highest BCUT2D eigenvalue weighted by Crippen LogP contribution is 2.56. The Hall–Kier alpha value is -1.88. The van der Waals surface area contributed by atoms with Gasteiger partial charge in [0.25, 0.3) is 0 Å². The van der Waals surface area contributed by atoms with Gasteiger partial charge in [0.1, 0.15) is 0 Å². The lowest BCUT2D eigenvalue weighted by molar-refractivity contribution is -0.173. The highest BCUT2D eigenvalue weighted by atomic mass is 16.5. The maximum atomic E-state index is 12.9. The van der Waals surface area contributed by atoms with E-state index in [-0.39, 0.29) is 29.5 Å². The van der Waals surface area contributed by atoms with E-state index in [1.54, 1.807) is 0 Å². The molecule has 5 nitrogen and oxygen atoms in total. The predicted molar refractivity (Wildman–Crippen MR) is 110 cm³/mol. The molecule has 1 heterocycles. The SMILES string of the molecule is CC(C)CC(=O)N1CC(CC(=O)N[C@@H]2[C@H]3Cc4ccccc4[C@H]32)OCC12CCC2. The second-order valence-electron chi connectivity index (χ2n) is 10.0. The van der Waals surface area contributed by atoms with Crippen molar-refractivity contribution in [2.45, 2.75) is 76.0 Å². The topological polar surface area (TPSA) is 58.6 Å². The van der Waals surface area contributed by atoms with Crippen LogP contribution in [-0.2, 0) is 20.7 Å². The Morgan fingerprint density at radius 3 is 2.79 bits per heavy atom. The number of nitrogens with zero attached hydrogens (tertiary/aromatic N) is 1. The first-order valence-electron chi connectivity index (χ1n) is 11.3. The number of hydrogen-bond acceptors (Lipinski definition) is 3. The molecule has 5 rings (SSSR count). The number of morpholine rings is 1. The number of ether oxygens (including phenoxy) is 1. The molecule has 29 heavy (non-hydrogen) atoms. The van der Waals surface area contributed by atoms with Crippen molar-refractivity contribution in [1.29, 1.82) is 0 Å². The Labute approximate surface area is 173 Å². The van der Waals surface area contributed by atoms with Crippen molar-refractivity contribution in [3.05, 3.63) is 35.4 Å². The van der Waals surface area contributed by atoms with Crippen LogP contribution in [0.2, 0.25) is 0 Å². The zero-order valence-electron chi connectivity index (χ0n) is 17.5. The van der Waals surface area contributed by atoms with E-state index in [1.165, 1.54) is 11.1 Å². The first kappa shape index (κ1) is 19.1. The minimum Gasteiger partial charge on any atom is -0.373 e. The Bertz CT molecular complexity index is 816. The average Bonchev–Trinajstić information content (AvgIpc) is 3.16. The molecule has 1 aromatic carbocycles. The predicted octanol–water partition coefficient (Wildman–Crippen LogP) is 3.03. The van der Waals surface area contributed by atoms with Gasteiger partial charge in [0, 0.05) is 24.9 Å². The molecule has 1 saturated heterocycles. The molecule has 2 amide bonds. The summed E-state index contributed by atoms with van der Waals surface area (Å²) in [4.78, 5) is 27.6. The van der Waals surface area contributed by atoms with E-state index < -0.39 is 0 Å². The van der Waals surface area contributed by atoms with Gasteiger partial charge in [-0.1, -0.05) is 38.1 Å². The number of nitrogens with one attached hydrogen (secondary N) is 1. The zero-order valence-corrected chi connectivity index (χ0v) is 17.5. The monoisotopic (exact) mass is 396 g/mol. The average molecular weight is 397 g/mol. The number of rotatable bonds is 5. The van der Waals surface area contributed by atoms with Crippen LogP contribution < -0.4 is 5.32 Å². The Morgan fingerprint density at radius 1 is 1.28 bits per heavy atom. The van der Waals surface area contributed by atoms with Crippen molar-refractivity contribution in [2.75, 3.05) is 13.2 Å². The van der Waals surface area contributed by atoms with Crippen LogP contribution in [0, 0.1) is 11.8 Å². The van der Waals surface area contributed by atoms with Crippen molar-refractivity contribution in [1.82, 2.24) is 10.2 Å². The molecule has 156 valence electrons. The molecule has 4 atom stereocenters. The third-order valence-electron chi connectivity index (χ3n) is 7.49. The van der Waals surface area contributed by atoms with E-state index in [1.807, 2.05) is 0 Å². The van der Waals surface area contributed by atoms with Crippen LogP contribution in [0.15, 0.2) is 24.3 Å². The van der Waals surface area contributed by atoms with Gasteiger partial charge in [-0.05, 0) is 48.6 Å². The number of carbonyl (C=O) groups is 2. The Morgan fingerprint density at radius 2 is 2.07 bits per heavy atom. The normalized spacial score (nSPS) is 31.2. The lowest BCUT2D eigenvalue weighted by atomic mass is 9.74. The molecule has 1 aliphatic heterocycles. The van der Waals surface area contributed by atoms with Gasteiger partial charge in [0.05, 0.1) is 24.7 Å². The van der Waals surface area contributed by atoms with Gasteiger partial charge < -0.3 is 15.0 Å². The van der Waals surface area contributed by atoms with Crippen LogP contribution in [0.1, 0.15) is 63.0 Å². The largest absolute Gasteiger partial charge is 0.373 e. The van der Waals surface area contributed by atoms with Gasteiger partial charge in [-0.25, -0.2) is 0 Å². The van der Waals surface area contributed by atoms with Crippen molar-refractivity contribution in [3.8, 4) is 0 Å². The molecule has 1 aromatic rings. The second-order valence-corrected chi connectivity index (χ2v) is 10.0. The van der Waals surface area contributed by atoms with Crippen molar-refractivity contribution in [2.24, 2.45) is 11.8 Å². The molecular formula is C24H32N2O3. The maximum Gasteiger partial charge on any atom is 0.223 e. The van der Waals surface area contributed by atoms with E-state index in [4.69, 9.17) is 4.74 Å². The molecule has 0 aromatic heterocycles. The van der Waals surface area contributed by atoms with E-state index >= 15 is 0 Å². The van der Waals surface area contributed by atoms with Gasteiger partial charge in [-0.3, -0.25) is 9.59 Å². The summed E-state index contributed by atoms with van der Waals surface area (Å²) in [7, 11) is 0. The summed E-state index contributed by atoms with van der Waals surface area (Å²) in [5.41, 5.74) is 2.75. The van der Waals surface area contributed by atoms with Crippen molar-refractivity contribution >= 4 is 11.8 Å². The van der Waals surface area contributed by atoms with Crippen LogP contribution in [0.4, 0.5) is 0 Å². The standard InChI is InChI=1S/C24H32N2O3/c1-15(2)10-21(28)26-13-17(29-14-24(26)8-5-9-24)12-20(27)25-23-19-11-16-6-3-4-7-18(16)22(19)23/h3-4,6-7,15,17,19,22-23H,5,8-14H2,1-2H3,(H,25,27)/t17?,19-,22+,23+/m0/s1. The molecule has 5 heteroatoms. The first-order valence-corrected chi connectivity index (χ1v) is 11.3. The van der Waals surface area contributed by atoms with Gasteiger partial charge >= 0.3 is 0 Å². The van der Waals surface area contributed by atoms with E-state index in [9.17, 15) is 9.59 Å². The van der Waals surface area contributed by atoms with Gasteiger partial charge in [-0.2, -0.15) is 0 Å². The molecule has 1 spiro atoms. The highest BCUT2D eigenvalue weighted by molar-refractivity contribution is 5.79. The first-order chi connectivity index (χ1) is 14.0. The molecule has 0 radical (unpaired) electrons. The van der Waals surface area contributed by atoms with Crippen LogP contribution in [0.3, 0.4) is 0 Å². The lowest BCUT2D eigenvalue weighted by Crippen LogP contribution is -2.65. The third kappa shape index (κ3) is 3.37. The summed E-state index contributed by atoms with van der Waals surface area (Å²) in [5, 5.41) is 3.25. The van der Waals surface area contributed by atoms with E-state index in [0.717, 1.165) is 25.7 Å². The van der Waals surface area contributed by atoms with Gasteiger partial charge in [0.2, 0.25) is 11.8 Å². The van der Waals surface area contributed by atoms with Crippen LogP contribution in [0.25, 0.3) is 0 Å². The number of amides is 2. The summed E-state index contributed by atoms with van der Waals surface area (Å²) < 4.78 is 6.09. The Balaban J connectivity index is 1.17. The van der Waals surface area contributed by atoms with Crippen LogP contribution in [0.5, 0.6) is 0 Å². The fourth-order valence-electron chi connectivity index (χ4n) is 5.75.